The summed E-state index contributed by atoms with van der Waals surface area (Å²) < 4.78 is 11.8. The summed E-state index contributed by atoms with van der Waals surface area (Å²) in [5.74, 6) is 0.256. The van der Waals surface area contributed by atoms with E-state index in [1.54, 1.807) is 30.1 Å². The maximum atomic E-state index is 12.4. The fraction of sp³-hybridized carbons (Fsp3) is 0.278. The summed E-state index contributed by atoms with van der Waals surface area (Å²) in [5.41, 5.74) is 1.70. The lowest BCUT2D eigenvalue weighted by Crippen LogP contribution is -2.36. The van der Waals surface area contributed by atoms with Crippen molar-refractivity contribution in [2.45, 2.75) is 13.0 Å². The number of fused-ring (bicyclic) bond motifs is 1. The number of rotatable bonds is 4. The van der Waals surface area contributed by atoms with Gasteiger partial charge in [-0.1, -0.05) is 5.10 Å². The molecule has 0 saturated carbocycles. The molecule has 9 heteroatoms. The lowest BCUT2D eigenvalue weighted by atomic mass is 9.92. The van der Waals surface area contributed by atoms with E-state index < -0.39 is 12.0 Å². The predicted octanol–water partition coefficient (Wildman–Crippen LogP) is 2.89. The van der Waals surface area contributed by atoms with Crippen LogP contribution in [-0.4, -0.2) is 46.1 Å². The highest BCUT2D eigenvalue weighted by atomic mass is 32.1. The molecule has 1 aromatic carbocycles. The number of tetrazole rings is 1. The molecule has 27 heavy (non-hydrogen) atoms. The van der Waals surface area contributed by atoms with Crippen molar-refractivity contribution >= 4 is 29.0 Å². The molecule has 0 fully saturated rings. The van der Waals surface area contributed by atoms with Crippen LogP contribution >= 0.6 is 11.3 Å². The Bertz CT molecular complexity index is 1010. The fourth-order valence-electron chi connectivity index (χ4n) is 3.17. The zero-order chi connectivity index (χ0) is 19.0. The first-order valence-electron chi connectivity index (χ1n) is 8.27. The summed E-state index contributed by atoms with van der Waals surface area (Å²) in [4.78, 5) is 18.8. The molecular weight excluding hydrogens is 366 g/mol. The number of carbonyl (C=O) groups excluding carboxylic acids is 1. The van der Waals surface area contributed by atoms with Gasteiger partial charge in [0, 0.05) is 15.5 Å². The Morgan fingerprint density at radius 2 is 1.93 bits per heavy atom. The first-order valence-corrected chi connectivity index (χ1v) is 9.09. The number of hydrogen-bond donors (Lipinski definition) is 0. The van der Waals surface area contributed by atoms with Crippen molar-refractivity contribution in [3.8, 4) is 16.2 Å². The molecule has 1 aliphatic rings. The maximum Gasteiger partial charge on any atom is 0.316 e. The molecule has 3 heterocycles. The van der Waals surface area contributed by atoms with E-state index in [9.17, 15) is 4.79 Å². The lowest BCUT2D eigenvalue weighted by Gasteiger charge is -2.27. The van der Waals surface area contributed by atoms with Gasteiger partial charge in [-0.2, -0.15) is 0 Å². The molecule has 2 aromatic heterocycles. The van der Waals surface area contributed by atoms with E-state index in [0.717, 1.165) is 21.1 Å². The highest BCUT2D eigenvalue weighted by molar-refractivity contribution is 7.15. The number of nitrogens with zero attached hydrogens (tertiary/aromatic N) is 5. The van der Waals surface area contributed by atoms with Crippen molar-refractivity contribution in [1.29, 1.82) is 0 Å². The van der Waals surface area contributed by atoms with Crippen LogP contribution in [0.4, 0.5) is 5.95 Å². The quantitative estimate of drug-likeness (QED) is 0.643. The van der Waals surface area contributed by atoms with Crippen molar-refractivity contribution < 1.29 is 14.3 Å². The number of esters is 1. The van der Waals surface area contributed by atoms with Gasteiger partial charge in [-0.3, -0.25) is 4.79 Å². The molecule has 8 nitrogen and oxygen atoms in total. The summed E-state index contributed by atoms with van der Waals surface area (Å²) in [5, 5.41) is 11.7. The van der Waals surface area contributed by atoms with Crippen molar-refractivity contribution in [3.05, 3.63) is 41.3 Å². The van der Waals surface area contributed by atoms with E-state index >= 15 is 0 Å². The Hall–Kier alpha value is -3.07. The van der Waals surface area contributed by atoms with Gasteiger partial charge >= 0.3 is 5.97 Å². The second-order valence-corrected chi connectivity index (χ2v) is 7.17. The number of ether oxygens (including phenoxy) is 2. The minimum absolute atomic E-state index is 0.359. The summed E-state index contributed by atoms with van der Waals surface area (Å²) in [7, 11) is 3.01. The normalized spacial score (nSPS) is 18.6. The molecule has 0 aliphatic carbocycles. The zero-order valence-electron chi connectivity index (χ0n) is 15.0. The minimum atomic E-state index is -0.576. The number of benzene rings is 1. The SMILES string of the molecule is COC(=O)C1C(C)=Nc2nnnn2C1c1ccc(-c2ccc(OC)cc2)s1. The van der Waals surface area contributed by atoms with E-state index in [0.29, 0.717) is 11.7 Å². The van der Waals surface area contributed by atoms with Crippen LogP contribution in [0.25, 0.3) is 10.4 Å². The molecule has 1 aliphatic heterocycles. The van der Waals surface area contributed by atoms with Crippen LogP contribution in [0.1, 0.15) is 17.8 Å². The Labute approximate surface area is 159 Å². The highest BCUT2D eigenvalue weighted by Crippen LogP contribution is 2.40. The predicted molar refractivity (Wildman–Crippen MR) is 101 cm³/mol. The van der Waals surface area contributed by atoms with E-state index in [4.69, 9.17) is 9.47 Å². The Morgan fingerprint density at radius 3 is 2.63 bits per heavy atom. The van der Waals surface area contributed by atoms with Gasteiger partial charge in [0.1, 0.15) is 17.7 Å². The van der Waals surface area contributed by atoms with Gasteiger partial charge in [0.05, 0.1) is 14.2 Å². The molecule has 0 saturated heterocycles. The monoisotopic (exact) mass is 383 g/mol. The maximum absolute atomic E-state index is 12.4. The number of thiophene rings is 1. The summed E-state index contributed by atoms with van der Waals surface area (Å²) in [6.45, 7) is 1.80. The van der Waals surface area contributed by atoms with E-state index in [1.165, 1.54) is 7.11 Å². The molecule has 138 valence electrons. The van der Waals surface area contributed by atoms with Gasteiger partial charge in [0.25, 0.3) is 5.95 Å². The lowest BCUT2D eigenvalue weighted by molar-refractivity contribution is -0.144. The van der Waals surface area contributed by atoms with Crippen LogP contribution in [0.3, 0.4) is 0 Å². The topological polar surface area (TPSA) is 91.5 Å². The van der Waals surface area contributed by atoms with E-state index in [2.05, 4.69) is 20.5 Å². The van der Waals surface area contributed by atoms with Gasteiger partial charge in [0.2, 0.25) is 0 Å². The van der Waals surface area contributed by atoms with E-state index in [1.807, 2.05) is 36.4 Å². The number of aromatic nitrogens is 4. The van der Waals surface area contributed by atoms with Crippen molar-refractivity contribution in [3.63, 3.8) is 0 Å². The Kier molecular flexibility index (Phi) is 4.44. The Morgan fingerprint density at radius 1 is 1.15 bits per heavy atom. The second-order valence-electron chi connectivity index (χ2n) is 6.05. The molecule has 2 atom stereocenters. The molecule has 0 spiro atoms. The average Bonchev–Trinajstić information content (AvgIpc) is 3.36. The third-order valence-electron chi connectivity index (χ3n) is 4.53. The molecule has 2 unspecified atom stereocenters. The van der Waals surface area contributed by atoms with Crippen molar-refractivity contribution in [2.75, 3.05) is 14.2 Å². The molecular formula is C18H17N5O3S. The van der Waals surface area contributed by atoms with E-state index in [-0.39, 0.29) is 5.97 Å². The summed E-state index contributed by atoms with van der Waals surface area (Å²) in [6.07, 6.45) is 0. The average molecular weight is 383 g/mol. The zero-order valence-corrected chi connectivity index (χ0v) is 15.8. The van der Waals surface area contributed by atoms with Gasteiger partial charge < -0.3 is 9.47 Å². The minimum Gasteiger partial charge on any atom is -0.497 e. The molecule has 4 rings (SSSR count). The Balaban J connectivity index is 1.75. The number of carbonyl (C=O) groups is 1. The third kappa shape index (κ3) is 2.99. The summed E-state index contributed by atoms with van der Waals surface area (Å²) in [6, 6.07) is 11.5. The smallest absolute Gasteiger partial charge is 0.316 e. The first kappa shape index (κ1) is 17.3. The second kappa shape index (κ2) is 6.92. The van der Waals surface area contributed by atoms with Gasteiger partial charge in [-0.15, -0.1) is 11.3 Å². The molecule has 0 radical (unpaired) electrons. The van der Waals surface area contributed by atoms with Crippen LogP contribution in [0.2, 0.25) is 0 Å². The molecule has 3 aromatic rings. The van der Waals surface area contributed by atoms with Crippen molar-refractivity contribution in [2.24, 2.45) is 10.9 Å². The number of hydrogen-bond acceptors (Lipinski definition) is 8. The highest BCUT2D eigenvalue weighted by Gasteiger charge is 2.40. The van der Waals surface area contributed by atoms with Gasteiger partial charge in [-0.05, 0) is 59.3 Å². The van der Waals surface area contributed by atoms with Crippen LogP contribution in [0, 0.1) is 5.92 Å². The number of methoxy groups -OCH3 is 2. The fourth-order valence-corrected chi connectivity index (χ4v) is 4.31. The van der Waals surface area contributed by atoms with Crippen LogP contribution in [0.5, 0.6) is 5.75 Å². The first-order chi connectivity index (χ1) is 13.1. The standard InChI is InChI=1S/C18H17N5O3S/c1-10-15(17(24)26-3)16(23-18(19-10)20-21-22-23)14-9-8-13(27-14)11-4-6-12(25-2)7-5-11/h4-9,15-16H,1-3H3. The van der Waals surface area contributed by atoms with Crippen molar-refractivity contribution in [1.82, 2.24) is 20.2 Å². The number of aliphatic imine (C=N–C) groups is 1. The van der Waals surface area contributed by atoms with Gasteiger partial charge in [-0.25, -0.2) is 9.67 Å². The van der Waals surface area contributed by atoms with Crippen LogP contribution < -0.4 is 4.74 Å². The molecule has 0 bridgehead atoms. The van der Waals surface area contributed by atoms with Crippen LogP contribution in [0.15, 0.2) is 41.4 Å². The third-order valence-corrected chi connectivity index (χ3v) is 5.73. The van der Waals surface area contributed by atoms with Gasteiger partial charge in [0.15, 0.2) is 0 Å². The molecule has 0 N–H and O–H groups in total. The molecule has 0 amide bonds. The largest absolute Gasteiger partial charge is 0.497 e. The summed E-state index contributed by atoms with van der Waals surface area (Å²) >= 11 is 1.59. The van der Waals surface area contributed by atoms with Crippen LogP contribution in [-0.2, 0) is 9.53 Å².